The molecular weight excluding hydrogens is 555 g/mol. The summed E-state index contributed by atoms with van der Waals surface area (Å²) in [7, 11) is 0. The maximum atomic E-state index is 13.8. The third-order valence-electron chi connectivity index (χ3n) is 8.71. The highest BCUT2D eigenvalue weighted by atomic mass is 32.2. The highest BCUT2D eigenvalue weighted by molar-refractivity contribution is 8.00. The lowest BCUT2D eigenvalue weighted by Crippen LogP contribution is -2.42. The lowest BCUT2D eigenvalue weighted by atomic mass is 9.68. The Labute approximate surface area is 236 Å². The number of nitrogens with one attached hydrogen (secondary N) is 1. The van der Waals surface area contributed by atoms with Crippen LogP contribution in [-0.2, 0) is 19.1 Å². The molecule has 2 aromatic carbocycles. The molecule has 3 fully saturated rings. The summed E-state index contributed by atoms with van der Waals surface area (Å²) < 4.78 is 24.1. The van der Waals surface area contributed by atoms with Gasteiger partial charge in [0.2, 0.25) is 11.8 Å². The second-order valence-corrected chi connectivity index (χ2v) is 12.8. The molecule has 4 aliphatic rings. The number of esters is 1. The molecule has 8 nitrogen and oxygen atoms in total. The molecule has 2 saturated carbocycles. The quantitative estimate of drug-likeness (QED) is 0.344. The Hall–Kier alpha value is -3.44. The smallest absolute Gasteiger partial charge is 0.344 e. The number of imide groups is 1. The monoisotopic (exact) mass is 580 g/mol. The van der Waals surface area contributed by atoms with Gasteiger partial charge in [-0.25, -0.2) is 9.18 Å². The Morgan fingerprint density at radius 3 is 2.42 bits per heavy atom. The standard InChI is InChI=1S/C29H25FN2O6S2/c1-2-37-19(33)12-38-16-9-3-13(4-10-16)20-21-17-11-18(24(21)39-26-25(20)40-29(36)31-26)23-22(17)27(34)32(28(23)35)15-7-5-14(30)6-8-15/h3-10,17-18,20-24H,2,11-12H2,1H3,(H,31,36)/t17?,18?,20-,21?,22?,23?,24?/m1/s1. The second kappa shape index (κ2) is 9.59. The van der Waals surface area contributed by atoms with Gasteiger partial charge in [-0.2, -0.15) is 0 Å². The number of carbonyl (C=O) groups excluding carboxylic acids is 3. The number of nitrogens with zero attached hydrogens (tertiary/aromatic N) is 1. The first-order valence-electron chi connectivity index (χ1n) is 13.3. The Balaban J connectivity index is 1.22. The maximum absolute atomic E-state index is 13.8. The molecule has 3 aromatic rings. The molecule has 3 heterocycles. The van der Waals surface area contributed by atoms with E-state index >= 15 is 0 Å². The zero-order valence-electron chi connectivity index (χ0n) is 21.4. The van der Waals surface area contributed by atoms with Gasteiger partial charge in [-0.05, 0) is 73.1 Å². The van der Waals surface area contributed by atoms with Gasteiger partial charge in [0.25, 0.3) is 0 Å². The van der Waals surface area contributed by atoms with Crippen LogP contribution in [0.15, 0.2) is 58.4 Å². The predicted octanol–water partition coefficient (Wildman–Crippen LogP) is 4.20. The highest BCUT2D eigenvalue weighted by Gasteiger charge is 2.69. The van der Waals surface area contributed by atoms with Gasteiger partial charge in [0.1, 0.15) is 11.6 Å². The van der Waals surface area contributed by atoms with Gasteiger partial charge in [-0.3, -0.25) is 19.3 Å². The first-order valence-corrected chi connectivity index (χ1v) is 15.0. The van der Waals surface area contributed by atoms with Crippen molar-refractivity contribution >= 4 is 46.6 Å². The van der Waals surface area contributed by atoms with Crippen LogP contribution in [0.4, 0.5) is 10.1 Å². The molecule has 6 unspecified atom stereocenters. The third kappa shape index (κ3) is 3.85. The van der Waals surface area contributed by atoms with Crippen LogP contribution >= 0.6 is 23.1 Å². The van der Waals surface area contributed by atoms with Crippen LogP contribution in [0.25, 0.3) is 0 Å². The largest absolute Gasteiger partial charge is 0.482 e. The molecule has 1 N–H and O–H groups in total. The van der Waals surface area contributed by atoms with Gasteiger partial charge >= 0.3 is 10.8 Å². The van der Waals surface area contributed by atoms with Gasteiger partial charge in [0.15, 0.2) is 6.61 Å². The molecule has 2 aliphatic carbocycles. The number of aromatic nitrogens is 1. The van der Waals surface area contributed by atoms with E-state index in [9.17, 15) is 23.6 Å². The molecule has 1 aromatic heterocycles. The summed E-state index contributed by atoms with van der Waals surface area (Å²) in [6, 6.07) is 13.0. The van der Waals surface area contributed by atoms with E-state index in [-0.39, 0.29) is 58.8 Å². The third-order valence-corrected chi connectivity index (χ3v) is 11.3. The number of ether oxygens (including phenoxy) is 2. The maximum Gasteiger partial charge on any atom is 0.344 e. The first kappa shape index (κ1) is 25.5. The van der Waals surface area contributed by atoms with Crippen molar-refractivity contribution in [1.82, 2.24) is 4.98 Å². The molecular formula is C29H25FN2O6S2. The summed E-state index contributed by atoms with van der Waals surface area (Å²) in [4.78, 5) is 56.6. The second-order valence-electron chi connectivity index (χ2n) is 10.6. The Morgan fingerprint density at radius 1 is 1.02 bits per heavy atom. The van der Waals surface area contributed by atoms with Crippen molar-refractivity contribution in [2.24, 2.45) is 29.6 Å². The number of halogens is 1. The molecule has 0 spiro atoms. The number of benzene rings is 2. The number of thiazole rings is 1. The van der Waals surface area contributed by atoms with Gasteiger partial charge in [-0.1, -0.05) is 23.5 Å². The Morgan fingerprint density at radius 2 is 1.73 bits per heavy atom. The number of amides is 2. The molecule has 7 atom stereocenters. The van der Waals surface area contributed by atoms with E-state index in [0.717, 1.165) is 21.9 Å². The van der Waals surface area contributed by atoms with Crippen molar-refractivity contribution in [3.63, 3.8) is 0 Å². The van der Waals surface area contributed by atoms with Crippen LogP contribution < -0.4 is 14.5 Å². The van der Waals surface area contributed by atoms with Crippen LogP contribution in [0.2, 0.25) is 0 Å². The molecule has 206 valence electrons. The van der Waals surface area contributed by atoms with Crippen molar-refractivity contribution in [1.29, 1.82) is 0 Å². The summed E-state index contributed by atoms with van der Waals surface area (Å²) >= 11 is 2.82. The van der Waals surface area contributed by atoms with E-state index in [1.807, 2.05) is 12.1 Å². The van der Waals surface area contributed by atoms with Crippen molar-refractivity contribution < 1.29 is 28.2 Å². The van der Waals surface area contributed by atoms with Crippen LogP contribution in [-0.4, -0.2) is 41.2 Å². The number of hydrogen-bond acceptors (Lipinski definition) is 8. The summed E-state index contributed by atoms with van der Waals surface area (Å²) in [6.07, 6.45) is 0.781. The minimum absolute atomic E-state index is 0.00173. The summed E-state index contributed by atoms with van der Waals surface area (Å²) in [5.41, 5.74) is 1.39. The highest BCUT2D eigenvalue weighted by Crippen LogP contribution is 2.68. The minimum atomic E-state index is -0.442. The van der Waals surface area contributed by atoms with Gasteiger partial charge in [0.05, 0.1) is 29.2 Å². The number of carbonyl (C=O) groups is 3. The fourth-order valence-corrected chi connectivity index (χ4v) is 10.2. The number of fused-ring (bicyclic) bond motifs is 9. The molecule has 7 rings (SSSR count). The van der Waals surface area contributed by atoms with Crippen molar-refractivity contribution in [2.45, 2.75) is 29.5 Å². The predicted molar refractivity (Wildman–Crippen MR) is 146 cm³/mol. The number of hydrogen-bond donors (Lipinski definition) is 1. The van der Waals surface area contributed by atoms with Crippen molar-refractivity contribution in [3.05, 3.63) is 74.5 Å². The fourth-order valence-electron chi connectivity index (χ4n) is 7.35. The molecule has 11 heteroatoms. The zero-order chi connectivity index (χ0) is 27.7. The van der Waals surface area contributed by atoms with Crippen LogP contribution in [0.1, 0.15) is 29.7 Å². The van der Waals surface area contributed by atoms with Crippen LogP contribution in [0.3, 0.4) is 0 Å². The summed E-state index contributed by atoms with van der Waals surface area (Å²) in [5, 5.41) is 0.902. The van der Waals surface area contributed by atoms with Gasteiger partial charge < -0.3 is 14.5 Å². The summed E-state index contributed by atoms with van der Waals surface area (Å²) in [6.45, 7) is 1.83. The molecule has 0 radical (unpaired) electrons. The fraction of sp³-hybridized carbons (Fsp3) is 0.379. The molecule has 2 aliphatic heterocycles. The van der Waals surface area contributed by atoms with E-state index in [1.165, 1.54) is 40.5 Å². The topological polar surface area (TPSA) is 106 Å². The van der Waals surface area contributed by atoms with E-state index in [1.54, 1.807) is 30.8 Å². The molecule has 1 saturated heterocycles. The number of thioether (sulfide) groups is 1. The van der Waals surface area contributed by atoms with Crippen molar-refractivity contribution in [2.75, 3.05) is 18.1 Å². The number of rotatable bonds is 6. The van der Waals surface area contributed by atoms with Gasteiger partial charge in [-0.15, -0.1) is 11.8 Å². The zero-order valence-corrected chi connectivity index (χ0v) is 23.0. The molecule has 2 bridgehead atoms. The number of aromatic amines is 1. The SMILES string of the molecule is CCOC(=O)COc1ccc([C@H]2c3sc(=O)[nH]c3SC3C4CC(C5C(=O)N(c6ccc(F)cc6)C(=O)C45)C32)cc1. The van der Waals surface area contributed by atoms with E-state index in [2.05, 4.69) is 4.98 Å². The van der Waals surface area contributed by atoms with E-state index < -0.39 is 23.6 Å². The molecule has 2 amide bonds. The lowest BCUT2D eigenvalue weighted by molar-refractivity contribution is -0.145. The van der Waals surface area contributed by atoms with Crippen LogP contribution in [0, 0.1) is 35.4 Å². The number of anilines is 1. The molecule has 40 heavy (non-hydrogen) atoms. The minimum Gasteiger partial charge on any atom is -0.482 e. The lowest BCUT2D eigenvalue weighted by Gasteiger charge is -2.43. The summed E-state index contributed by atoms with van der Waals surface area (Å²) in [5.74, 6) is -1.70. The van der Waals surface area contributed by atoms with Gasteiger partial charge in [0, 0.05) is 16.0 Å². The van der Waals surface area contributed by atoms with Crippen molar-refractivity contribution in [3.8, 4) is 5.75 Å². The Kier molecular flexibility index (Phi) is 6.12. The average molecular weight is 581 g/mol. The van der Waals surface area contributed by atoms with E-state index in [4.69, 9.17) is 9.47 Å². The number of H-pyrrole nitrogens is 1. The van der Waals surface area contributed by atoms with Crippen LogP contribution in [0.5, 0.6) is 5.75 Å². The average Bonchev–Trinajstić information content (AvgIpc) is 3.67. The first-order chi connectivity index (χ1) is 19.4. The normalized spacial score (nSPS) is 29.8. The van der Waals surface area contributed by atoms with E-state index in [0.29, 0.717) is 11.4 Å². The Bertz CT molecular complexity index is 1570.